The second kappa shape index (κ2) is 8.31. The first-order valence-corrected chi connectivity index (χ1v) is 9.62. The molecule has 1 atom stereocenters. The number of ether oxygens (including phenoxy) is 1. The lowest BCUT2D eigenvalue weighted by atomic mass is 10.0. The van der Waals surface area contributed by atoms with E-state index in [1.807, 2.05) is 49.4 Å². The van der Waals surface area contributed by atoms with Crippen molar-refractivity contribution < 1.29 is 14.6 Å². The number of aryl methyl sites for hydroxylation is 1. The molecule has 1 N–H and O–H groups in total. The molecule has 146 valence electrons. The van der Waals surface area contributed by atoms with Crippen molar-refractivity contribution >= 4 is 5.97 Å². The summed E-state index contributed by atoms with van der Waals surface area (Å²) in [4.78, 5) is 16.3. The highest BCUT2D eigenvalue weighted by Gasteiger charge is 2.22. The second-order valence-electron chi connectivity index (χ2n) is 7.01. The van der Waals surface area contributed by atoms with Gasteiger partial charge in [0.25, 0.3) is 0 Å². The van der Waals surface area contributed by atoms with E-state index in [9.17, 15) is 9.90 Å². The van der Waals surface area contributed by atoms with Crippen molar-refractivity contribution in [1.29, 1.82) is 0 Å². The zero-order valence-corrected chi connectivity index (χ0v) is 16.2. The lowest BCUT2D eigenvalue weighted by Crippen LogP contribution is -2.22. The minimum absolute atomic E-state index is 0.0321. The number of carbonyl (C=O) groups is 1. The van der Waals surface area contributed by atoms with Crippen LogP contribution in [-0.2, 0) is 16.1 Å². The van der Waals surface area contributed by atoms with Crippen LogP contribution >= 0.6 is 0 Å². The highest BCUT2D eigenvalue weighted by atomic mass is 16.5. The van der Waals surface area contributed by atoms with E-state index in [-0.39, 0.29) is 6.42 Å². The molecule has 2 aromatic carbocycles. The van der Waals surface area contributed by atoms with Gasteiger partial charge >= 0.3 is 5.97 Å². The topological polar surface area (TPSA) is 64.3 Å². The third kappa shape index (κ3) is 4.21. The van der Waals surface area contributed by atoms with Crippen LogP contribution in [-0.4, -0.2) is 26.7 Å². The van der Waals surface area contributed by atoms with E-state index in [2.05, 4.69) is 34.6 Å². The lowest BCUT2D eigenvalue weighted by Gasteiger charge is -2.17. The average molecular weight is 386 g/mol. The SMILES string of the molecule is Cc1nc(-c2ccccc2)c(-c2ccccc2)n1CC=C=C1CC(O)CC(=O)O1. The van der Waals surface area contributed by atoms with E-state index in [4.69, 9.17) is 9.72 Å². The average Bonchev–Trinajstić information content (AvgIpc) is 3.05. The first-order valence-electron chi connectivity index (χ1n) is 9.62. The van der Waals surface area contributed by atoms with Crippen LogP contribution in [0.25, 0.3) is 22.5 Å². The third-order valence-corrected chi connectivity index (χ3v) is 4.85. The summed E-state index contributed by atoms with van der Waals surface area (Å²) in [5.41, 5.74) is 7.11. The summed E-state index contributed by atoms with van der Waals surface area (Å²) in [5.74, 6) is 0.831. The van der Waals surface area contributed by atoms with Gasteiger partial charge in [0.05, 0.1) is 23.9 Å². The molecule has 1 aliphatic rings. The van der Waals surface area contributed by atoms with Gasteiger partial charge in [-0.25, -0.2) is 4.98 Å². The fourth-order valence-electron chi connectivity index (χ4n) is 3.51. The molecule has 0 aliphatic carbocycles. The molecular formula is C24H22N2O3. The molecule has 29 heavy (non-hydrogen) atoms. The van der Waals surface area contributed by atoms with Gasteiger partial charge in [0.2, 0.25) is 0 Å². The largest absolute Gasteiger partial charge is 0.422 e. The molecule has 0 radical (unpaired) electrons. The smallest absolute Gasteiger partial charge is 0.314 e. The van der Waals surface area contributed by atoms with Crippen molar-refractivity contribution in [2.24, 2.45) is 0 Å². The van der Waals surface area contributed by atoms with Crippen molar-refractivity contribution in [3.8, 4) is 22.5 Å². The molecule has 0 saturated carbocycles. The normalized spacial score (nSPS) is 16.3. The predicted molar refractivity (Wildman–Crippen MR) is 111 cm³/mol. The van der Waals surface area contributed by atoms with E-state index in [0.29, 0.717) is 18.7 Å². The summed E-state index contributed by atoms with van der Waals surface area (Å²) >= 11 is 0. The van der Waals surface area contributed by atoms with E-state index in [1.54, 1.807) is 0 Å². The number of hydrogen-bond donors (Lipinski definition) is 1. The zero-order valence-electron chi connectivity index (χ0n) is 16.2. The number of cyclic esters (lactones) is 1. The van der Waals surface area contributed by atoms with Crippen molar-refractivity contribution in [3.63, 3.8) is 0 Å². The maximum atomic E-state index is 11.5. The van der Waals surface area contributed by atoms with Crippen LogP contribution < -0.4 is 0 Å². The molecule has 3 aromatic rings. The number of nitrogens with zero attached hydrogens (tertiary/aromatic N) is 2. The number of hydrogen-bond acceptors (Lipinski definition) is 4. The first kappa shape index (κ1) is 18.9. The first-order chi connectivity index (χ1) is 14.1. The van der Waals surface area contributed by atoms with Crippen LogP contribution in [0.2, 0.25) is 0 Å². The number of rotatable bonds is 4. The van der Waals surface area contributed by atoms with E-state index >= 15 is 0 Å². The highest BCUT2D eigenvalue weighted by molar-refractivity contribution is 5.79. The quantitative estimate of drug-likeness (QED) is 0.537. The summed E-state index contributed by atoms with van der Waals surface area (Å²) in [5, 5.41) is 9.74. The number of aliphatic hydroxyl groups excluding tert-OH is 1. The van der Waals surface area contributed by atoms with E-state index in [1.165, 1.54) is 0 Å². The van der Waals surface area contributed by atoms with Gasteiger partial charge in [-0.3, -0.25) is 4.79 Å². The van der Waals surface area contributed by atoms with Gasteiger partial charge in [0.1, 0.15) is 5.82 Å². The molecule has 0 spiro atoms. The highest BCUT2D eigenvalue weighted by Crippen LogP contribution is 2.32. The molecule has 1 aromatic heterocycles. The predicted octanol–water partition coefficient (Wildman–Crippen LogP) is 4.26. The molecule has 1 unspecified atom stereocenters. The van der Waals surface area contributed by atoms with Gasteiger partial charge in [-0.1, -0.05) is 66.4 Å². The van der Waals surface area contributed by atoms with Gasteiger partial charge < -0.3 is 14.4 Å². The summed E-state index contributed by atoms with van der Waals surface area (Å²) < 4.78 is 7.28. The second-order valence-corrected chi connectivity index (χ2v) is 7.01. The molecule has 2 heterocycles. The third-order valence-electron chi connectivity index (χ3n) is 4.85. The molecule has 4 rings (SSSR count). The standard InChI is InChI=1S/C24H22N2O3/c1-17-25-23(18-9-4-2-5-10-18)24(19-11-6-3-7-12-19)26(17)14-8-13-21-15-20(27)16-22(28)29-21/h2-12,20,27H,14-16H2,1H3. The molecule has 1 aliphatic heterocycles. The number of carbonyl (C=O) groups excluding carboxylic acids is 1. The van der Waals surface area contributed by atoms with Gasteiger partial charge in [0, 0.05) is 24.1 Å². The summed E-state index contributed by atoms with van der Waals surface area (Å²) in [6.45, 7) is 2.50. The molecule has 1 saturated heterocycles. The Labute approximate surface area is 169 Å². The van der Waals surface area contributed by atoms with Gasteiger partial charge in [-0.15, -0.1) is 0 Å². The molecule has 1 fully saturated rings. The van der Waals surface area contributed by atoms with Crippen molar-refractivity contribution in [3.05, 3.63) is 84.1 Å². The summed E-state index contributed by atoms with van der Waals surface area (Å²) in [6.07, 6.45) is 1.44. The van der Waals surface area contributed by atoms with Crippen molar-refractivity contribution in [2.45, 2.75) is 32.4 Å². The van der Waals surface area contributed by atoms with Crippen LogP contribution in [0.4, 0.5) is 0 Å². The Morgan fingerprint density at radius 3 is 2.41 bits per heavy atom. The number of imidazole rings is 1. The number of aromatic nitrogens is 2. The lowest BCUT2D eigenvalue weighted by molar-refractivity contribution is -0.145. The van der Waals surface area contributed by atoms with Crippen LogP contribution in [0.5, 0.6) is 0 Å². The molecule has 0 bridgehead atoms. The minimum atomic E-state index is -0.702. The van der Waals surface area contributed by atoms with Gasteiger partial charge in [-0.05, 0) is 13.0 Å². The monoisotopic (exact) mass is 386 g/mol. The minimum Gasteiger partial charge on any atom is -0.422 e. The van der Waals surface area contributed by atoms with Crippen LogP contribution in [0, 0.1) is 6.92 Å². The molecule has 5 nitrogen and oxygen atoms in total. The van der Waals surface area contributed by atoms with Crippen LogP contribution in [0.15, 0.2) is 78.2 Å². The molecule has 5 heteroatoms. The zero-order chi connectivity index (χ0) is 20.2. The number of esters is 1. The number of benzene rings is 2. The Balaban J connectivity index is 1.75. The van der Waals surface area contributed by atoms with E-state index < -0.39 is 12.1 Å². The van der Waals surface area contributed by atoms with Crippen molar-refractivity contribution in [2.75, 3.05) is 0 Å². The molecule has 0 amide bonds. The Morgan fingerprint density at radius 1 is 1.10 bits per heavy atom. The van der Waals surface area contributed by atoms with Crippen molar-refractivity contribution in [1.82, 2.24) is 9.55 Å². The van der Waals surface area contributed by atoms with E-state index in [0.717, 1.165) is 28.3 Å². The Morgan fingerprint density at radius 2 is 1.76 bits per heavy atom. The Hall–Kier alpha value is -3.40. The summed E-state index contributed by atoms with van der Waals surface area (Å²) in [6, 6.07) is 20.3. The number of aliphatic hydroxyl groups is 1. The summed E-state index contributed by atoms with van der Waals surface area (Å²) in [7, 11) is 0. The van der Waals surface area contributed by atoms with Crippen LogP contribution in [0.3, 0.4) is 0 Å². The fourth-order valence-corrected chi connectivity index (χ4v) is 3.51. The van der Waals surface area contributed by atoms with Crippen LogP contribution in [0.1, 0.15) is 18.7 Å². The van der Waals surface area contributed by atoms with Gasteiger partial charge in [-0.2, -0.15) is 0 Å². The Bertz CT molecular complexity index is 1080. The Kier molecular flexibility index (Phi) is 5.43. The molecular weight excluding hydrogens is 364 g/mol. The maximum absolute atomic E-state index is 11.5. The maximum Gasteiger partial charge on any atom is 0.314 e. The van der Waals surface area contributed by atoms with Gasteiger partial charge in [0.15, 0.2) is 5.76 Å². The fraction of sp³-hybridized carbons (Fsp3) is 0.208.